The molecule has 0 spiro atoms. The Hall–Kier alpha value is -3.62. The van der Waals surface area contributed by atoms with E-state index in [2.05, 4.69) is 11.5 Å². The van der Waals surface area contributed by atoms with Crippen LogP contribution in [-0.4, -0.2) is 79.7 Å². The maximum atomic E-state index is 13.2. The van der Waals surface area contributed by atoms with E-state index in [1.807, 2.05) is 6.07 Å². The largest absolute Gasteiger partial charge is 0.507 e. The lowest BCUT2D eigenvalue weighted by Gasteiger charge is -2.29. The van der Waals surface area contributed by atoms with Gasteiger partial charge in [-0.15, -0.1) is 0 Å². The van der Waals surface area contributed by atoms with Gasteiger partial charge in [-0.2, -0.15) is 0 Å². The fourth-order valence-corrected chi connectivity index (χ4v) is 4.62. The van der Waals surface area contributed by atoms with Crippen LogP contribution in [0.2, 0.25) is 0 Å². The van der Waals surface area contributed by atoms with Crippen LogP contribution in [0.15, 0.2) is 66.8 Å². The molecule has 2 aliphatic heterocycles. The molecular formula is C28H32N2O6. The Morgan fingerprint density at radius 2 is 1.86 bits per heavy atom. The lowest BCUT2D eigenvalue weighted by molar-refractivity contribution is -0.140. The van der Waals surface area contributed by atoms with Gasteiger partial charge >= 0.3 is 0 Å². The Bertz CT molecular complexity index is 1120. The Morgan fingerprint density at radius 3 is 2.56 bits per heavy atom. The summed E-state index contributed by atoms with van der Waals surface area (Å²) >= 11 is 0. The van der Waals surface area contributed by atoms with E-state index in [0.717, 1.165) is 19.6 Å². The van der Waals surface area contributed by atoms with Gasteiger partial charge in [0.25, 0.3) is 11.7 Å². The number of methoxy groups -OCH3 is 1. The molecule has 2 fully saturated rings. The Kier molecular flexibility index (Phi) is 8.40. The van der Waals surface area contributed by atoms with Crippen molar-refractivity contribution in [3.8, 4) is 11.5 Å². The molecule has 8 heteroatoms. The van der Waals surface area contributed by atoms with Crippen molar-refractivity contribution in [3.05, 3.63) is 77.9 Å². The lowest BCUT2D eigenvalue weighted by Crippen LogP contribution is -2.39. The van der Waals surface area contributed by atoms with Crippen LogP contribution >= 0.6 is 0 Å². The minimum atomic E-state index is -0.753. The summed E-state index contributed by atoms with van der Waals surface area (Å²) in [6.45, 7) is 8.22. The zero-order valence-corrected chi connectivity index (χ0v) is 20.5. The zero-order chi connectivity index (χ0) is 25.5. The van der Waals surface area contributed by atoms with Crippen molar-refractivity contribution in [2.75, 3.05) is 53.1 Å². The van der Waals surface area contributed by atoms with E-state index in [0.29, 0.717) is 55.4 Å². The number of amides is 1. The molecule has 2 saturated heterocycles. The van der Waals surface area contributed by atoms with Crippen molar-refractivity contribution in [3.63, 3.8) is 0 Å². The molecule has 1 unspecified atom stereocenters. The van der Waals surface area contributed by atoms with Gasteiger partial charge < -0.3 is 24.2 Å². The third-order valence-corrected chi connectivity index (χ3v) is 6.42. The summed E-state index contributed by atoms with van der Waals surface area (Å²) in [4.78, 5) is 30.3. The van der Waals surface area contributed by atoms with Gasteiger partial charge in [-0.3, -0.25) is 14.5 Å². The number of carbonyl (C=O) groups excluding carboxylic acids is 2. The van der Waals surface area contributed by atoms with Crippen molar-refractivity contribution in [1.29, 1.82) is 0 Å². The maximum absolute atomic E-state index is 13.2. The topological polar surface area (TPSA) is 88.5 Å². The fraction of sp³-hybridized carbons (Fsp3) is 0.357. The lowest BCUT2D eigenvalue weighted by atomic mass is 9.95. The number of Topliss-reactive ketones (excluding diaryl/α,β-unsaturated/α-hetero) is 1. The molecule has 8 nitrogen and oxygen atoms in total. The number of ether oxygens (including phenoxy) is 3. The summed E-state index contributed by atoms with van der Waals surface area (Å²) in [5.41, 5.74) is 1.20. The average Bonchev–Trinajstić information content (AvgIpc) is 3.17. The molecule has 2 aromatic carbocycles. The van der Waals surface area contributed by atoms with Crippen LogP contribution in [-0.2, 0) is 14.3 Å². The van der Waals surface area contributed by atoms with E-state index >= 15 is 0 Å². The van der Waals surface area contributed by atoms with Crippen molar-refractivity contribution < 1.29 is 28.9 Å². The normalized spacial score (nSPS) is 19.9. The maximum Gasteiger partial charge on any atom is 0.295 e. The van der Waals surface area contributed by atoms with Gasteiger partial charge in [-0.25, -0.2) is 0 Å². The van der Waals surface area contributed by atoms with Crippen LogP contribution in [0.3, 0.4) is 0 Å². The van der Waals surface area contributed by atoms with Crippen molar-refractivity contribution in [2.45, 2.75) is 12.5 Å². The number of carbonyl (C=O) groups is 2. The van der Waals surface area contributed by atoms with E-state index < -0.39 is 17.7 Å². The zero-order valence-electron chi connectivity index (χ0n) is 20.5. The molecule has 0 bridgehead atoms. The summed E-state index contributed by atoms with van der Waals surface area (Å²) in [6.07, 6.45) is 2.32. The highest BCUT2D eigenvalue weighted by Gasteiger charge is 2.46. The van der Waals surface area contributed by atoms with E-state index in [4.69, 9.17) is 14.2 Å². The Labute approximate surface area is 211 Å². The molecule has 4 rings (SSSR count). The van der Waals surface area contributed by atoms with Gasteiger partial charge in [0.2, 0.25) is 0 Å². The van der Waals surface area contributed by atoms with Gasteiger partial charge in [0.15, 0.2) is 11.5 Å². The van der Waals surface area contributed by atoms with Crippen LogP contribution in [0.4, 0.5) is 0 Å². The number of likely N-dealkylation sites (tertiary alicyclic amines) is 1. The molecule has 36 heavy (non-hydrogen) atoms. The van der Waals surface area contributed by atoms with E-state index in [-0.39, 0.29) is 11.3 Å². The van der Waals surface area contributed by atoms with Gasteiger partial charge in [-0.05, 0) is 24.1 Å². The highest BCUT2D eigenvalue weighted by Crippen LogP contribution is 2.42. The minimum Gasteiger partial charge on any atom is -0.507 e. The first kappa shape index (κ1) is 25.5. The van der Waals surface area contributed by atoms with Crippen LogP contribution in [0.5, 0.6) is 11.5 Å². The number of morpholine rings is 1. The molecule has 190 valence electrons. The first-order valence-corrected chi connectivity index (χ1v) is 12.1. The van der Waals surface area contributed by atoms with Crippen LogP contribution in [0, 0.1) is 0 Å². The first-order valence-electron chi connectivity index (χ1n) is 12.1. The Balaban J connectivity index is 1.70. The Morgan fingerprint density at radius 1 is 1.11 bits per heavy atom. The van der Waals surface area contributed by atoms with E-state index in [1.165, 1.54) is 7.11 Å². The fourth-order valence-electron chi connectivity index (χ4n) is 4.62. The summed E-state index contributed by atoms with van der Waals surface area (Å²) in [5.74, 6) is -0.522. The third-order valence-electron chi connectivity index (χ3n) is 6.42. The number of nitrogens with zero attached hydrogens (tertiary/aromatic N) is 2. The van der Waals surface area contributed by atoms with E-state index in [1.54, 1.807) is 53.4 Å². The highest BCUT2D eigenvalue weighted by molar-refractivity contribution is 6.46. The summed E-state index contributed by atoms with van der Waals surface area (Å²) < 4.78 is 16.6. The first-order chi connectivity index (χ1) is 17.5. The van der Waals surface area contributed by atoms with Gasteiger partial charge in [0.1, 0.15) is 12.4 Å². The molecule has 1 atom stereocenters. The predicted molar refractivity (Wildman–Crippen MR) is 136 cm³/mol. The molecule has 1 amide bonds. The smallest absolute Gasteiger partial charge is 0.295 e. The number of rotatable bonds is 10. The molecule has 0 aromatic heterocycles. The second-order valence-electron chi connectivity index (χ2n) is 8.68. The summed E-state index contributed by atoms with van der Waals surface area (Å²) in [5, 5.41) is 11.2. The van der Waals surface area contributed by atoms with Gasteiger partial charge in [0, 0.05) is 31.7 Å². The number of hydrogen-bond acceptors (Lipinski definition) is 7. The molecule has 0 radical (unpaired) electrons. The van der Waals surface area contributed by atoms with Crippen LogP contribution in [0.25, 0.3) is 5.76 Å². The van der Waals surface area contributed by atoms with Crippen LogP contribution in [0.1, 0.15) is 23.6 Å². The molecule has 0 aliphatic carbocycles. The second-order valence-corrected chi connectivity index (χ2v) is 8.68. The SMILES string of the molecule is C=CCOc1ccc(C2/C(=C(/O)c3ccccc3)C(=O)C(=O)N2CCCN2CCOCC2)cc1OC. The highest BCUT2D eigenvalue weighted by atomic mass is 16.5. The average molecular weight is 493 g/mol. The standard InChI is InChI=1S/C28H32N2O6/c1-3-16-36-22-11-10-21(19-23(22)34-2)25-24(26(31)20-8-5-4-6-9-20)27(32)28(33)30(25)13-7-12-29-14-17-35-18-15-29/h3-6,8-11,19,25,31H,1,7,12-18H2,2H3/b26-24-. The van der Waals surface area contributed by atoms with Crippen molar-refractivity contribution in [1.82, 2.24) is 9.80 Å². The number of benzene rings is 2. The second kappa shape index (κ2) is 11.9. The van der Waals surface area contributed by atoms with Crippen molar-refractivity contribution >= 4 is 17.4 Å². The van der Waals surface area contributed by atoms with Gasteiger partial charge in [0.05, 0.1) is 31.9 Å². The summed E-state index contributed by atoms with van der Waals surface area (Å²) in [6, 6.07) is 13.3. The van der Waals surface area contributed by atoms with Crippen LogP contribution < -0.4 is 9.47 Å². The molecule has 2 aliphatic rings. The van der Waals surface area contributed by atoms with Gasteiger partial charge in [-0.1, -0.05) is 49.1 Å². The third kappa shape index (κ3) is 5.45. The molecule has 2 aromatic rings. The van der Waals surface area contributed by atoms with Crippen molar-refractivity contribution in [2.24, 2.45) is 0 Å². The predicted octanol–water partition coefficient (Wildman–Crippen LogP) is 3.40. The minimum absolute atomic E-state index is 0.0689. The number of ketones is 1. The number of hydrogen-bond donors (Lipinski definition) is 1. The number of aliphatic hydroxyl groups excluding tert-OH is 1. The number of aliphatic hydroxyl groups is 1. The van der Waals surface area contributed by atoms with E-state index in [9.17, 15) is 14.7 Å². The monoisotopic (exact) mass is 492 g/mol. The molecular weight excluding hydrogens is 460 g/mol. The molecule has 1 N–H and O–H groups in total. The summed E-state index contributed by atoms with van der Waals surface area (Å²) in [7, 11) is 1.53. The quantitative estimate of drug-likeness (QED) is 0.235. The molecule has 0 saturated carbocycles. The molecule has 2 heterocycles.